The molecular formula is C27H31ClIN3O3. The molecule has 0 atom stereocenters. The fourth-order valence-electron chi connectivity index (χ4n) is 5.97. The van der Waals surface area contributed by atoms with Gasteiger partial charge < -0.3 is 14.7 Å². The number of rotatable bonds is 5. The van der Waals surface area contributed by atoms with Crippen molar-refractivity contribution in [2.75, 3.05) is 18.0 Å². The Morgan fingerprint density at radius 2 is 1.74 bits per heavy atom. The maximum absolute atomic E-state index is 13.4. The Kier molecular flexibility index (Phi) is 7.29. The van der Waals surface area contributed by atoms with Gasteiger partial charge in [-0.15, -0.1) is 0 Å². The van der Waals surface area contributed by atoms with Crippen LogP contribution in [-0.2, 0) is 0 Å². The van der Waals surface area contributed by atoms with Gasteiger partial charge in [0, 0.05) is 41.2 Å². The molecule has 0 unspecified atom stereocenters. The van der Waals surface area contributed by atoms with E-state index in [9.17, 15) is 9.90 Å². The molecule has 0 aromatic heterocycles. The summed E-state index contributed by atoms with van der Waals surface area (Å²) in [6, 6.07) is 14.9. The number of carbonyl (C=O) groups excluding carboxylic acids is 1. The number of ether oxygens (including phenoxy) is 1. The molecule has 6 nitrogen and oxygen atoms in total. The third-order valence-electron chi connectivity index (χ3n) is 7.44. The minimum atomic E-state index is -0.310. The molecule has 4 rings (SSSR count). The topological polar surface area (TPSA) is 76.8 Å². The second kappa shape index (κ2) is 9.79. The monoisotopic (exact) mass is 607 g/mol. The van der Waals surface area contributed by atoms with Gasteiger partial charge in [0.05, 0.1) is 45.6 Å². The van der Waals surface area contributed by atoms with Crippen LogP contribution in [0.5, 0.6) is 5.75 Å². The van der Waals surface area contributed by atoms with E-state index in [-0.39, 0.29) is 35.0 Å². The molecule has 2 aliphatic rings. The summed E-state index contributed by atoms with van der Waals surface area (Å²) in [5, 5.41) is 19.2. The van der Waals surface area contributed by atoms with Crippen molar-refractivity contribution in [3.8, 4) is 11.8 Å². The molecule has 0 radical (unpaired) electrons. The van der Waals surface area contributed by atoms with E-state index < -0.39 is 0 Å². The summed E-state index contributed by atoms with van der Waals surface area (Å²) >= 11 is 8.34. The van der Waals surface area contributed by atoms with Gasteiger partial charge in [-0.25, -0.2) is 0 Å². The first-order valence-electron chi connectivity index (χ1n) is 11.9. The first kappa shape index (κ1) is 26.1. The van der Waals surface area contributed by atoms with Gasteiger partial charge in [-0.05, 0) is 49.2 Å². The van der Waals surface area contributed by atoms with E-state index in [1.807, 2.05) is 27.4 Å². The average molecular weight is 608 g/mol. The normalized spacial score (nSPS) is 23.2. The standard InChI is InChI=1S/C27H31ClIN3O3/c1-26(2)24(27(3,4)25(26)35-21-10-7-18(16-30)22(28)15-21)32(29)23(34)17-5-8-19(9-6-17)31-13-11-20(33)12-14-31/h5-10,15,20,24-25,33H,11-14H2,1-4H3. The average Bonchev–Trinajstić information content (AvgIpc) is 2.82. The fraction of sp³-hybridized carbons (Fsp3) is 0.481. The lowest BCUT2D eigenvalue weighted by atomic mass is 9.49. The van der Waals surface area contributed by atoms with Crippen molar-refractivity contribution in [3.05, 3.63) is 58.6 Å². The van der Waals surface area contributed by atoms with Crippen LogP contribution in [0, 0.1) is 22.2 Å². The number of nitrogens with zero attached hydrogens (tertiary/aromatic N) is 3. The Morgan fingerprint density at radius 1 is 1.14 bits per heavy atom. The summed E-state index contributed by atoms with van der Waals surface area (Å²) in [5.41, 5.74) is 1.52. The molecule has 0 bridgehead atoms. The van der Waals surface area contributed by atoms with Crippen LogP contribution < -0.4 is 9.64 Å². The van der Waals surface area contributed by atoms with Crippen molar-refractivity contribution in [2.45, 2.75) is 58.8 Å². The van der Waals surface area contributed by atoms with E-state index in [2.05, 4.69) is 61.5 Å². The zero-order valence-electron chi connectivity index (χ0n) is 20.5. The summed E-state index contributed by atoms with van der Waals surface area (Å²) in [7, 11) is 0. The Labute approximate surface area is 226 Å². The summed E-state index contributed by atoms with van der Waals surface area (Å²) in [5.74, 6) is 0.586. The number of carbonyl (C=O) groups is 1. The molecule has 1 aliphatic carbocycles. The number of hydrogen-bond acceptors (Lipinski definition) is 5. The molecule has 1 heterocycles. The molecule has 0 spiro atoms. The van der Waals surface area contributed by atoms with Crippen molar-refractivity contribution in [3.63, 3.8) is 0 Å². The van der Waals surface area contributed by atoms with Crippen LogP contribution in [-0.4, -0.2) is 45.5 Å². The Hall–Kier alpha value is -2.02. The molecule has 35 heavy (non-hydrogen) atoms. The maximum atomic E-state index is 13.4. The van der Waals surface area contributed by atoms with E-state index in [0.717, 1.165) is 31.6 Å². The summed E-state index contributed by atoms with van der Waals surface area (Å²) < 4.78 is 8.17. The summed E-state index contributed by atoms with van der Waals surface area (Å²) in [6.07, 6.45) is 1.18. The van der Waals surface area contributed by atoms with Gasteiger partial charge in [0.25, 0.3) is 5.91 Å². The molecular weight excluding hydrogens is 577 g/mol. The number of aliphatic hydroxyl groups excluding tert-OH is 1. The number of piperidine rings is 1. The molecule has 1 saturated carbocycles. The first-order valence-corrected chi connectivity index (χ1v) is 13.2. The fourth-order valence-corrected chi connectivity index (χ4v) is 7.90. The number of amides is 1. The smallest absolute Gasteiger partial charge is 0.262 e. The van der Waals surface area contributed by atoms with Crippen molar-refractivity contribution < 1.29 is 14.6 Å². The van der Waals surface area contributed by atoms with Crippen LogP contribution >= 0.6 is 34.5 Å². The quantitative estimate of drug-likeness (QED) is 0.341. The van der Waals surface area contributed by atoms with Crippen LogP contribution in [0.15, 0.2) is 42.5 Å². The zero-order chi connectivity index (χ0) is 25.5. The number of benzene rings is 2. The van der Waals surface area contributed by atoms with Crippen molar-refractivity contribution in [1.82, 2.24) is 3.11 Å². The van der Waals surface area contributed by atoms with Crippen LogP contribution in [0.2, 0.25) is 5.02 Å². The molecule has 8 heteroatoms. The van der Waals surface area contributed by atoms with Gasteiger partial charge in [-0.3, -0.25) is 7.91 Å². The zero-order valence-corrected chi connectivity index (χ0v) is 23.4. The maximum Gasteiger partial charge on any atom is 0.262 e. The summed E-state index contributed by atoms with van der Waals surface area (Å²) in [6.45, 7) is 10.1. The number of aliphatic hydroxyl groups is 1. The first-order chi connectivity index (χ1) is 16.5. The van der Waals surface area contributed by atoms with E-state index in [0.29, 0.717) is 21.9 Å². The van der Waals surface area contributed by atoms with Crippen molar-refractivity contribution >= 4 is 46.1 Å². The Morgan fingerprint density at radius 3 is 2.29 bits per heavy atom. The molecule has 2 aromatic carbocycles. The van der Waals surface area contributed by atoms with Gasteiger partial charge in [-0.2, -0.15) is 5.26 Å². The molecule has 1 amide bonds. The highest BCUT2D eigenvalue weighted by atomic mass is 127. The second-order valence-corrected chi connectivity index (χ2v) is 12.1. The number of halogens is 2. The predicted octanol–water partition coefficient (Wildman–Crippen LogP) is 5.85. The number of anilines is 1. The Bertz CT molecular complexity index is 1120. The molecule has 1 aliphatic heterocycles. The van der Waals surface area contributed by atoms with Gasteiger partial charge in [0.1, 0.15) is 17.9 Å². The van der Waals surface area contributed by atoms with Gasteiger partial charge >= 0.3 is 0 Å². The van der Waals surface area contributed by atoms with E-state index in [4.69, 9.17) is 21.6 Å². The highest BCUT2D eigenvalue weighted by Crippen LogP contribution is 2.59. The van der Waals surface area contributed by atoms with Crippen LogP contribution in [0.3, 0.4) is 0 Å². The molecule has 2 aromatic rings. The van der Waals surface area contributed by atoms with Gasteiger partial charge in [0.2, 0.25) is 0 Å². The van der Waals surface area contributed by atoms with E-state index in [1.54, 1.807) is 18.2 Å². The highest BCUT2D eigenvalue weighted by Gasteiger charge is 2.66. The van der Waals surface area contributed by atoms with E-state index >= 15 is 0 Å². The van der Waals surface area contributed by atoms with E-state index in [1.165, 1.54) is 0 Å². The third kappa shape index (κ3) is 4.85. The SMILES string of the molecule is CC1(C)C(Oc2ccc(C#N)c(Cl)c2)C(C)(C)C1N(I)C(=O)c1ccc(N2CCC(O)CC2)cc1. The number of hydrogen-bond donors (Lipinski definition) is 1. The third-order valence-corrected chi connectivity index (χ3v) is 8.75. The Balaban J connectivity index is 1.47. The largest absolute Gasteiger partial charge is 0.489 e. The number of nitriles is 1. The highest BCUT2D eigenvalue weighted by molar-refractivity contribution is 14.1. The second-order valence-electron chi connectivity index (χ2n) is 10.7. The van der Waals surface area contributed by atoms with Gasteiger partial charge in [-0.1, -0.05) is 39.3 Å². The molecule has 1 saturated heterocycles. The summed E-state index contributed by atoms with van der Waals surface area (Å²) in [4.78, 5) is 15.7. The lowest BCUT2D eigenvalue weighted by Gasteiger charge is -2.64. The predicted molar refractivity (Wildman–Crippen MR) is 146 cm³/mol. The molecule has 1 N–H and O–H groups in total. The molecule has 186 valence electrons. The lowest BCUT2D eigenvalue weighted by Crippen LogP contribution is -2.73. The van der Waals surface area contributed by atoms with Crippen LogP contribution in [0.1, 0.15) is 56.5 Å². The van der Waals surface area contributed by atoms with Crippen LogP contribution in [0.4, 0.5) is 5.69 Å². The minimum Gasteiger partial charge on any atom is -0.489 e. The minimum absolute atomic E-state index is 0.0303. The van der Waals surface area contributed by atoms with Crippen LogP contribution in [0.25, 0.3) is 0 Å². The van der Waals surface area contributed by atoms with Gasteiger partial charge in [0.15, 0.2) is 0 Å². The molecule has 2 fully saturated rings. The van der Waals surface area contributed by atoms with Crippen molar-refractivity contribution in [2.24, 2.45) is 10.8 Å². The lowest BCUT2D eigenvalue weighted by molar-refractivity contribution is -0.179. The van der Waals surface area contributed by atoms with Crippen molar-refractivity contribution in [1.29, 1.82) is 5.26 Å².